The second-order valence-corrected chi connectivity index (χ2v) is 9.38. The van der Waals surface area contributed by atoms with Gasteiger partial charge in [-0.25, -0.2) is 8.78 Å². The largest absolute Gasteiger partial charge is 0.394 e. The van der Waals surface area contributed by atoms with Crippen LogP contribution in [0.15, 0.2) is 36.4 Å². The lowest BCUT2D eigenvalue weighted by molar-refractivity contribution is -0.138. The molecule has 0 bridgehead atoms. The topological polar surface area (TPSA) is 99.5 Å². The quantitative estimate of drug-likeness (QED) is 0.309. The van der Waals surface area contributed by atoms with E-state index in [0.29, 0.717) is 61.2 Å². The zero-order valence-electron chi connectivity index (χ0n) is 18.4. The molecule has 178 valence electrons. The average Bonchev–Trinajstić information content (AvgIpc) is 3.49. The zero-order chi connectivity index (χ0) is 24.0. The normalized spacial score (nSPS) is 22.5. The number of fused-ring (bicyclic) bond motifs is 10. The van der Waals surface area contributed by atoms with Crippen LogP contribution in [0.25, 0.3) is 43.6 Å². The number of halogens is 2. The second kappa shape index (κ2) is 7.24. The van der Waals surface area contributed by atoms with E-state index in [-0.39, 0.29) is 25.5 Å². The SMILES string of the molecule is O=C1NCc2c1c1c3cc(F)ccc3[nH]c1c1c2c2cc(F)ccc2n1C1C[C@@H](O)CC(CO)O1. The minimum atomic E-state index is -0.691. The Morgan fingerprint density at radius 1 is 1.06 bits per heavy atom. The Labute approximate surface area is 196 Å². The van der Waals surface area contributed by atoms with Crippen molar-refractivity contribution in [3.8, 4) is 0 Å². The Balaban J connectivity index is 1.70. The number of hydrogen-bond donors (Lipinski definition) is 4. The summed E-state index contributed by atoms with van der Waals surface area (Å²) in [5, 5.41) is 25.7. The van der Waals surface area contributed by atoms with E-state index in [4.69, 9.17) is 4.74 Å². The summed E-state index contributed by atoms with van der Waals surface area (Å²) in [5.74, 6) is -1.10. The number of nitrogens with one attached hydrogen (secondary N) is 2. The maximum Gasteiger partial charge on any atom is 0.252 e. The highest BCUT2D eigenvalue weighted by Crippen LogP contribution is 2.46. The molecule has 7 nitrogen and oxygen atoms in total. The van der Waals surface area contributed by atoms with E-state index in [1.807, 2.05) is 4.57 Å². The number of nitrogens with zero attached hydrogens (tertiary/aromatic N) is 1. The number of aromatic amines is 1. The number of amides is 1. The highest BCUT2D eigenvalue weighted by atomic mass is 19.1. The molecule has 0 spiro atoms. The first-order valence-corrected chi connectivity index (χ1v) is 11.6. The molecule has 1 saturated heterocycles. The van der Waals surface area contributed by atoms with Gasteiger partial charge in [0.2, 0.25) is 0 Å². The van der Waals surface area contributed by atoms with Gasteiger partial charge >= 0.3 is 0 Å². The molecule has 9 heteroatoms. The lowest BCUT2D eigenvalue weighted by Crippen LogP contribution is -2.35. The van der Waals surface area contributed by atoms with Crippen LogP contribution in [0.2, 0.25) is 0 Å². The lowest BCUT2D eigenvalue weighted by Gasteiger charge is -2.34. The van der Waals surface area contributed by atoms with Gasteiger partial charge < -0.3 is 29.8 Å². The van der Waals surface area contributed by atoms with E-state index in [9.17, 15) is 23.8 Å². The molecule has 1 fully saturated rings. The van der Waals surface area contributed by atoms with Crippen LogP contribution >= 0.6 is 0 Å². The van der Waals surface area contributed by atoms with Crippen LogP contribution in [0, 0.1) is 11.6 Å². The van der Waals surface area contributed by atoms with Crippen molar-refractivity contribution in [2.24, 2.45) is 0 Å². The van der Waals surface area contributed by atoms with Gasteiger partial charge in [0.15, 0.2) is 0 Å². The molecule has 3 atom stereocenters. The number of carbonyl (C=O) groups is 1. The molecular formula is C26H21F2N3O4. The van der Waals surface area contributed by atoms with Crippen molar-refractivity contribution in [1.82, 2.24) is 14.9 Å². The van der Waals surface area contributed by atoms with E-state index < -0.39 is 30.1 Å². The van der Waals surface area contributed by atoms with Gasteiger partial charge in [0.25, 0.3) is 5.91 Å². The summed E-state index contributed by atoms with van der Waals surface area (Å²) < 4.78 is 36.9. The molecule has 4 N–H and O–H groups in total. The van der Waals surface area contributed by atoms with Gasteiger partial charge in [-0.2, -0.15) is 0 Å². The molecule has 3 aromatic carbocycles. The number of benzene rings is 3. The van der Waals surface area contributed by atoms with E-state index in [2.05, 4.69) is 10.3 Å². The number of aliphatic hydroxyl groups excluding tert-OH is 2. The average molecular weight is 477 g/mol. The van der Waals surface area contributed by atoms with E-state index in [1.165, 1.54) is 24.3 Å². The number of aromatic nitrogens is 2. The molecule has 5 aromatic rings. The van der Waals surface area contributed by atoms with Gasteiger partial charge in [0.05, 0.1) is 40.9 Å². The Morgan fingerprint density at radius 3 is 2.63 bits per heavy atom. The first kappa shape index (κ1) is 20.8. The summed E-state index contributed by atoms with van der Waals surface area (Å²) in [5.41, 5.74) is 3.80. The van der Waals surface area contributed by atoms with E-state index in [1.54, 1.807) is 12.1 Å². The second-order valence-electron chi connectivity index (χ2n) is 9.38. The molecular weight excluding hydrogens is 456 g/mol. The predicted molar refractivity (Wildman–Crippen MR) is 126 cm³/mol. The Bertz CT molecular complexity index is 1710. The number of aliphatic hydroxyl groups is 2. The van der Waals surface area contributed by atoms with E-state index in [0.717, 1.165) is 0 Å². The maximum absolute atomic E-state index is 14.5. The van der Waals surface area contributed by atoms with Gasteiger partial charge in [0.1, 0.15) is 17.9 Å². The standard InChI is InChI=1S/C26H21F2N3O4/c27-11-1-3-18-15(5-11)22-23-17(9-29-26(23)34)21-16-6-12(28)2-4-19(16)31(25(21)24(22)30-18)20-8-13(33)7-14(10-32)35-20/h1-6,13-14,20,30,32-33H,7-10H2,(H,29,34)/t13-,14?,20?/m0/s1. The Hall–Kier alpha value is -3.53. The summed E-state index contributed by atoms with van der Waals surface area (Å²) in [6, 6.07) is 8.85. The molecule has 1 amide bonds. The summed E-state index contributed by atoms with van der Waals surface area (Å²) >= 11 is 0. The molecule has 0 aliphatic carbocycles. The van der Waals surface area contributed by atoms with Crippen LogP contribution in [0.4, 0.5) is 8.78 Å². The molecule has 4 heterocycles. The number of H-pyrrole nitrogens is 1. The Kier molecular flexibility index (Phi) is 4.30. The minimum Gasteiger partial charge on any atom is -0.394 e. The smallest absolute Gasteiger partial charge is 0.252 e. The lowest BCUT2D eigenvalue weighted by atomic mass is 9.97. The highest BCUT2D eigenvalue weighted by Gasteiger charge is 2.35. The molecule has 7 rings (SSSR count). The fourth-order valence-electron chi connectivity index (χ4n) is 5.95. The third kappa shape index (κ3) is 2.83. The predicted octanol–water partition coefficient (Wildman–Crippen LogP) is 3.98. The third-order valence-corrected chi connectivity index (χ3v) is 7.32. The molecule has 2 unspecified atom stereocenters. The van der Waals surface area contributed by atoms with Gasteiger partial charge in [-0.1, -0.05) is 0 Å². The van der Waals surface area contributed by atoms with Crippen molar-refractivity contribution in [2.75, 3.05) is 6.61 Å². The molecule has 2 aromatic heterocycles. The van der Waals surface area contributed by atoms with Crippen LogP contribution in [0.5, 0.6) is 0 Å². The van der Waals surface area contributed by atoms with Crippen molar-refractivity contribution >= 4 is 49.5 Å². The van der Waals surface area contributed by atoms with Gasteiger partial charge in [-0.15, -0.1) is 0 Å². The summed E-state index contributed by atoms with van der Waals surface area (Å²) in [6.07, 6.45) is -1.30. The van der Waals surface area contributed by atoms with Crippen LogP contribution < -0.4 is 5.32 Å². The fraction of sp³-hybridized carbons (Fsp3) is 0.269. The maximum atomic E-state index is 14.5. The number of rotatable bonds is 2. The van der Waals surface area contributed by atoms with Crippen LogP contribution in [-0.2, 0) is 11.3 Å². The van der Waals surface area contributed by atoms with Crippen LogP contribution in [-0.4, -0.2) is 44.5 Å². The van der Waals surface area contributed by atoms with Crippen LogP contribution in [0.1, 0.15) is 35.0 Å². The van der Waals surface area contributed by atoms with Crippen molar-refractivity contribution in [3.05, 3.63) is 59.2 Å². The van der Waals surface area contributed by atoms with Crippen LogP contribution in [0.3, 0.4) is 0 Å². The highest BCUT2D eigenvalue weighted by molar-refractivity contribution is 6.30. The first-order chi connectivity index (χ1) is 16.9. The first-order valence-electron chi connectivity index (χ1n) is 11.6. The van der Waals surface area contributed by atoms with Crippen molar-refractivity contribution in [1.29, 1.82) is 0 Å². The molecule has 35 heavy (non-hydrogen) atoms. The zero-order valence-corrected chi connectivity index (χ0v) is 18.4. The molecule has 2 aliphatic rings. The molecule has 2 aliphatic heterocycles. The van der Waals surface area contributed by atoms with Gasteiger partial charge in [0, 0.05) is 46.4 Å². The van der Waals surface area contributed by atoms with Gasteiger partial charge in [-0.3, -0.25) is 4.79 Å². The summed E-state index contributed by atoms with van der Waals surface area (Å²) in [6.45, 7) is 0.0137. The monoisotopic (exact) mass is 477 g/mol. The number of ether oxygens (including phenoxy) is 1. The summed E-state index contributed by atoms with van der Waals surface area (Å²) in [4.78, 5) is 16.4. The minimum absolute atomic E-state index is 0.242. The van der Waals surface area contributed by atoms with E-state index >= 15 is 0 Å². The third-order valence-electron chi connectivity index (χ3n) is 7.32. The van der Waals surface area contributed by atoms with Crippen molar-refractivity contribution < 1.29 is 28.5 Å². The van der Waals surface area contributed by atoms with Crippen molar-refractivity contribution in [3.63, 3.8) is 0 Å². The molecule has 0 radical (unpaired) electrons. The van der Waals surface area contributed by atoms with Crippen molar-refractivity contribution in [2.45, 2.75) is 37.8 Å². The Morgan fingerprint density at radius 2 is 1.83 bits per heavy atom. The summed E-state index contributed by atoms with van der Waals surface area (Å²) in [7, 11) is 0. The fourth-order valence-corrected chi connectivity index (χ4v) is 5.95. The molecule has 0 saturated carbocycles. The number of hydrogen-bond acceptors (Lipinski definition) is 4. The number of carbonyl (C=O) groups excluding carboxylic acids is 1. The van der Waals surface area contributed by atoms with Gasteiger partial charge in [-0.05, 0) is 42.0 Å².